The second-order valence-electron chi connectivity index (χ2n) is 7.11. The number of nitrogens with zero attached hydrogens (tertiary/aromatic N) is 1. The molecule has 174 valence electrons. The molecule has 0 saturated heterocycles. The zero-order valence-electron chi connectivity index (χ0n) is 17.8. The number of alkyl halides is 3. The van der Waals surface area contributed by atoms with E-state index in [2.05, 4.69) is 15.7 Å². The molecule has 0 aliphatic rings. The molecule has 3 rings (SSSR count). The van der Waals surface area contributed by atoms with Crippen molar-refractivity contribution in [3.8, 4) is 0 Å². The fraction of sp³-hybridized carbons (Fsp3) is 0.0833. The van der Waals surface area contributed by atoms with Crippen molar-refractivity contribution in [2.24, 2.45) is 5.10 Å². The van der Waals surface area contributed by atoms with Gasteiger partial charge in [-0.15, -0.1) is 0 Å². The van der Waals surface area contributed by atoms with Crippen LogP contribution in [-0.4, -0.2) is 23.9 Å². The smallest absolute Gasteiger partial charge is 0.322 e. The fourth-order valence-corrected chi connectivity index (χ4v) is 2.97. The summed E-state index contributed by atoms with van der Waals surface area (Å²) in [6.07, 6.45) is -3.82. The zero-order chi connectivity index (χ0) is 24.7. The molecule has 0 saturated carbocycles. The minimum absolute atomic E-state index is 0.0687. The number of amides is 3. The van der Waals surface area contributed by atoms with Crippen molar-refractivity contribution in [3.63, 3.8) is 0 Å². The highest BCUT2D eigenvalue weighted by atomic mass is 19.4. The van der Waals surface area contributed by atoms with Crippen LogP contribution in [0.4, 0.5) is 24.5 Å². The van der Waals surface area contributed by atoms with E-state index in [1.54, 1.807) is 30.3 Å². The van der Waals surface area contributed by atoms with E-state index in [-0.39, 0.29) is 16.8 Å². The molecule has 0 bridgehead atoms. The molecule has 0 atom stereocenters. The van der Waals surface area contributed by atoms with Crippen LogP contribution in [0.3, 0.4) is 0 Å². The molecular formula is C24H19F3N4O3. The van der Waals surface area contributed by atoms with Crippen molar-refractivity contribution < 1.29 is 27.6 Å². The van der Waals surface area contributed by atoms with Crippen LogP contribution in [-0.2, 0) is 15.8 Å². The number of hydrazone groups is 1. The van der Waals surface area contributed by atoms with Crippen LogP contribution in [0.1, 0.15) is 27.0 Å². The zero-order valence-corrected chi connectivity index (χ0v) is 17.8. The molecule has 0 heterocycles. The van der Waals surface area contributed by atoms with E-state index in [0.29, 0.717) is 5.69 Å². The maximum absolute atomic E-state index is 13.0. The Hall–Kier alpha value is -4.47. The minimum atomic E-state index is -4.60. The molecule has 3 aromatic carbocycles. The number of nitrogens with one attached hydrogen (secondary N) is 3. The molecule has 3 N–H and O–H groups in total. The van der Waals surface area contributed by atoms with Crippen molar-refractivity contribution in [3.05, 3.63) is 95.1 Å². The molecule has 0 fully saturated rings. The summed E-state index contributed by atoms with van der Waals surface area (Å²) in [7, 11) is 0. The Morgan fingerprint density at radius 1 is 0.853 bits per heavy atom. The first kappa shape index (κ1) is 24.2. The summed E-state index contributed by atoms with van der Waals surface area (Å²) in [6, 6.07) is 17.8. The highest BCUT2D eigenvalue weighted by molar-refractivity contribution is 6.40. The molecule has 0 aliphatic heterocycles. The van der Waals surface area contributed by atoms with Crippen LogP contribution < -0.4 is 16.1 Å². The lowest BCUT2D eigenvalue weighted by Gasteiger charge is -2.11. The Labute approximate surface area is 192 Å². The third kappa shape index (κ3) is 6.28. The number of carbonyl (C=O) groups is 3. The molecule has 0 spiro atoms. The highest BCUT2D eigenvalue weighted by Gasteiger charge is 2.32. The van der Waals surface area contributed by atoms with Gasteiger partial charge in [0.1, 0.15) is 0 Å². The third-order valence-corrected chi connectivity index (χ3v) is 4.54. The summed E-state index contributed by atoms with van der Waals surface area (Å²) >= 11 is 0. The topological polar surface area (TPSA) is 99.7 Å². The molecule has 3 amide bonds. The van der Waals surface area contributed by atoms with Gasteiger partial charge in [-0.3, -0.25) is 14.4 Å². The Bertz CT molecular complexity index is 1260. The summed E-state index contributed by atoms with van der Waals surface area (Å²) < 4.78 is 39.1. The Kier molecular flexibility index (Phi) is 7.42. The lowest BCUT2D eigenvalue weighted by molar-refractivity contribution is -0.137. The normalized spacial score (nSPS) is 11.2. The second kappa shape index (κ2) is 10.4. The van der Waals surface area contributed by atoms with Gasteiger partial charge in [0.2, 0.25) is 0 Å². The summed E-state index contributed by atoms with van der Waals surface area (Å²) in [5.41, 5.74) is 2.32. The van der Waals surface area contributed by atoms with E-state index >= 15 is 0 Å². The van der Waals surface area contributed by atoms with Crippen LogP contribution in [0.15, 0.2) is 77.9 Å². The number of carbonyl (C=O) groups excluding carboxylic acids is 3. The van der Waals surface area contributed by atoms with Crippen molar-refractivity contribution in [1.29, 1.82) is 0 Å². The first-order valence-corrected chi connectivity index (χ1v) is 9.93. The van der Waals surface area contributed by atoms with Gasteiger partial charge in [-0.1, -0.05) is 42.5 Å². The Morgan fingerprint density at radius 2 is 1.56 bits per heavy atom. The number of hydrogen-bond acceptors (Lipinski definition) is 4. The lowest BCUT2D eigenvalue weighted by Crippen LogP contribution is -2.33. The molecule has 0 aliphatic carbocycles. The molecule has 34 heavy (non-hydrogen) atoms. The van der Waals surface area contributed by atoms with E-state index in [0.717, 1.165) is 17.8 Å². The number of aryl methyl sites for hydroxylation is 1. The van der Waals surface area contributed by atoms with Gasteiger partial charge in [-0.2, -0.15) is 18.3 Å². The lowest BCUT2D eigenvalue weighted by atomic mass is 10.1. The van der Waals surface area contributed by atoms with Crippen LogP contribution in [0.25, 0.3) is 0 Å². The summed E-state index contributed by atoms with van der Waals surface area (Å²) in [4.78, 5) is 37.0. The quantitative estimate of drug-likeness (QED) is 0.295. The van der Waals surface area contributed by atoms with Crippen molar-refractivity contribution in [2.75, 3.05) is 10.6 Å². The van der Waals surface area contributed by atoms with Crippen LogP contribution >= 0.6 is 0 Å². The number of hydrogen-bond donors (Lipinski definition) is 3. The number of rotatable bonds is 5. The van der Waals surface area contributed by atoms with Gasteiger partial charge in [-0.05, 0) is 42.8 Å². The third-order valence-electron chi connectivity index (χ3n) is 4.54. The summed E-state index contributed by atoms with van der Waals surface area (Å²) in [6.45, 7) is 1.87. The van der Waals surface area contributed by atoms with Gasteiger partial charge < -0.3 is 10.6 Å². The molecule has 0 radical (unpaired) electrons. The van der Waals surface area contributed by atoms with Crippen molar-refractivity contribution >= 4 is 35.3 Å². The number of benzene rings is 3. The van der Waals surface area contributed by atoms with E-state index in [4.69, 9.17) is 0 Å². The van der Waals surface area contributed by atoms with Crippen LogP contribution in [0, 0.1) is 6.92 Å². The van der Waals surface area contributed by atoms with Gasteiger partial charge in [0, 0.05) is 11.3 Å². The molecule has 0 aromatic heterocycles. The van der Waals surface area contributed by atoms with Gasteiger partial charge in [0.25, 0.3) is 5.91 Å². The van der Waals surface area contributed by atoms with E-state index < -0.39 is 29.5 Å². The summed E-state index contributed by atoms with van der Waals surface area (Å²) in [5, 5.41) is 8.45. The van der Waals surface area contributed by atoms with Gasteiger partial charge in [0.15, 0.2) is 0 Å². The largest absolute Gasteiger partial charge is 0.417 e. The predicted molar refractivity (Wildman–Crippen MR) is 121 cm³/mol. The van der Waals surface area contributed by atoms with Gasteiger partial charge >= 0.3 is 18.0 Å². The maximum Gasteiger partial charge on any atom is 0.417 e. The van der Waals surface area contributed by atoms with Gasteiger partial charge in [-0.25, -0.2) is 5.43 Å². The number of anilines is 2. The number of halogens is 3. The average Bonchev–Trinajstić information content (AvgIpc) is 2.79. The van der Waals surface area contributed by atoms with E-state index in [1.165, 1.54) is 30.3 Å². The standard InChI is InChI=1S/C24H19F3N4O3/c1-15-7-6-9-17(13-15)29-21(32)18-10-3-5-12-20(18)30-22(33)23(34)31-28-14-16-8-2-4-11-19(16)24(25,26)27/h2-14H,1H3,(H,29,32)(H,30,33)(H,31,34)/b28-14-. The molecule has 3 aromatic rings. The monoisotopic (exact) mass is 468 g/mol. The molecular weight excluding hydrogens is 449 g/mol. The second-order valence-corrected chi connectivity index (χ2v) is 7.11. The Morgan fingerprint density at radius 3 is 2.29 bits per heavy atom. The minimum Gasteiger partial charge on any atom is -0.322 e. The first-order valence-electron chi connectivity index (χ1n) is 9.93. The molecule has 0 unspecified atom stereocenters. The maximum atomic E-state index is 13.0. The number of para-hydroxylation sites is 1. The van der Waals surface area contributed by atoms with Crippen LogP contribution in [0.5, 0.6) is 0 Å². The molecule has 10 heteroatoms. The van der Waals surface area contributed by atoms with Crippen LogP contribution in [0.2, 0.25) is 0 Å². The molecule has 7 nitrogen and oxygen atoms in total. The highest BCUT2D eigenvalue weighted by Crippen LogP contribution is 2.31. The predicted octanol–water partition coefficient (Wildman–Crippen LogP) is 4.35. The van der Waals surface area contributed by atoms with E-state index in [9.17, 15) is 27.6 Å². The Balaban J connectivity index is 1.67. The SMILES string of the molecule is Cc1cccc(NC(=O)c2ccccc2NC(=O)C(=O)N/N=C\c2ccccc2C(F)(F)F)c1. The first-order chi connectivity index (χ1) is 16.1. The van der Waals surface area contributed by atoms with Gasteiger partial charge in [0.05, 0.1) is 23.0 Å². The summed E-state index contributed by atoms with van der Waals surface area (Å²) in [5.74, 6) is -2.89. The fourth-order valence-electron chi connectivity index (χ4n) is 2.97. The van der Waals surface area contributed by atoms with E-state index in [1.807, 2.05) is 18.4 Å². The van der Waals surface area contributed by atoms with Crippen molar-refractivity contribution in [2.45, 2.75) is 13.1 Å². The van der Waals surface area contributed by atoms with Crippen molar-refractivity contribution in [1.82, 2.24) is 5.43 Å². The average molecular weight is 468 g/mol.